The van der Waals surface area contributed by atoms with Crippen molar-refractivity contribution in [2.24, 2.45) is 5.92 Å². The minimum atomic E-state index is -3.59. The van der Waals surface area contributed by atoms with Gasteiger partial charge in [0.25, 0.3) is 0 Å². The fourth-order valence-electron chi connectivity index (χ4n) is 3.61. The molecular formula is C16H14O3S. The summed E-state index contributed by atoms with van der Waals surface area (Å²) in [6.07, 6.45) is 1.65. The van der Waals surface area contributed by atoms with Gasteiger partial charge < -0.3 is 0 Å². The summed E-state index contributed by atoms with van der Waals surface area (Å²) in [5.41, 5.74) is 0. The van der Waals surface area contributed by atoms with Crippen molar-refractivity contribution in [2.45, 2.75) is 28.9 Å². The van der Waals surface area contributed by atoms with Crippen LogP contribution in [0.15, 0.2) is 47.4 Å². The predicted molar refractivity (Wildman–Crippen MR) is 76.2 cm³/mol. The van der Waals surface area contributed by atoms with Crippen LogP contribution in [0.5, 0.6) is 0 Å². The second-order valence-corrected chi connectivity index (χ2v) is 7.91. The number of fused-ring (bicyclic) bond motifs is 2. The van der Waals surface area contributed by atoms with E-state index in [0.717, 1.165) is 17.2 Å². The number of hydrogen-bond acceptors (Lipinski definition) is 3. The molecule has 3 nitrogen and oxygen atoms in total. The molecule has 0 amide bonds. The summed E-state index contributed by atoms with van der Waals surface area (Å²) < 4.78 is 24.9. The first-order valence-corrected chi connectivity index (χ1v) is 8.31. The van der Waals surface area contributed by atoms with Crippen LogP contribution in [0.2, 0.25) is 0 Å². The lowest BCUT2D eigenvalue weighted by atomic mass is 10.1. The Balaban J connectivity index is 1.98. The molecule has 4 rings (SSSR count). The Labute approximate surface area is 117 Å². The summed E-state index contributed by atoms with van der Waals surface area (Å²) in [6, 6.07) is 12.7. The molecule has 2 atom stereocenters. The average Bonchev–Trinajstić information content (AvgIpc) is 3.13. The highest BCUT2D eigenvalue weighted by molar-refractivity contribution is 7.94. The first-order chi connectivity index (χ1) is 9.57. The number of hydrogen-bond donors (Lipinski definition) is 0. The van der Waals surface area contributed by atoms with Gasteiger partial charge in [0.2, 0.25) is 0 Å². The largest absolute Gasteiger partial charge is 0.298 e. The molecule has 2 aliphatic rings. The van der Waals surface area contributed by atoms with Gasteiger partial charge in [0, 0.05) is 11.8 Å². The first-order valence-electron chi connectivity index (χ1n) is 6.83. The molecule has 0 unspecified atom stereocenters. The molecule has 2 fully saturated rings. The van der Waals surface area contributed by atoms with Crippen molar-refractivity contribution >= 4 is 26.4 Å². The fourth-order valence-corrected chi connectivity index (χ4v) is 6.11. The number of carbonyl (C=O) groups excluding carboxylic acids is 1. The summed E-state index contributed by atoms with van der Waals surface area (Å²) in [7, 11) is -3.59. The molecule has 0 saturated heterocycles. The molecule has 0 bridgehead atoms. The van der Waals surface area contributed by atoms with E-state index in [1.807, 2.05) is 30.3 Å². The Hall–Kier alpha value is -1.68. The SMILES string of the molecule is O=C1CC[C@@H]2C[C@]12S(=O)(=O)c1cccc2ccccc12. The van der Waals surface area contributed by atoms with Crippen LogP contribution in [0.3, 0.4) is 0 Å². The van der Waals surface area contributed by atoms with E-state index < -0.39 is 14.6 Å². The van der Waals surface area contributed by atoms with Crippen molar-refractivity contribution < 1.29 is 13.2 Å². The third-order valence-electron chi connectivity index (χ3n) is 4.76. The monoisotopic (exact) mass is 286 g/mol. The van der Waals surface area contributed by atoms with Crippen LogP contribution in [0.1, 0.15) is 19.3 Å². The molecule has 2 saturated carbocycles. The van der Waals surface area contributed by atoms with E-state index >= 15 is 0 Å². The number of Topliss-reactive ketones (excluding diaryl/α,β-unsaturated/α-hetero) is 1. The second kappa shape index (κ2) is 3.70. The Kier molecular flexibility index (Phi) is 2.24. The molecule has 0 radical (unpaired) electrons. The predicted octanol–water partition coefficient (Wildman–Crippen LogP) is 2.74. The molecule has 0 spiro atoms. The zero-order chi connectivity index (χ0) is 14.0. The Morgan fingerprint density at radius 3 is 2.50 bits per heavy atom. The highest BCUT2D eigenvalue weighted by Crippen LogP contribution is 2.60. The molecule has 2 aliphatic carbocycles. The van der Waals surface area contributed by atoms with Crippen molar-refractivity contribution in [1.82, 2.24) is 0 Å². The van der Waals surface area contributed by atoms with Crippen LogP contribution in [-0.2, 0) is 14.6 Å². The van der Waals surface area contributed by atoms with Gasteiger partial charge in [-0.25, -0.2) is 8.42 Å². The van der Waals surface area contributed by atoms with Gasteiger partial charge in [0.05, 0.1) is 4.90 Å². The minimum absolute atomic E-state index is 0.0407. The summed E-state index contributed by atoms with van der Waals surface area (Å²) in [6.45, 7) is 0. The standard InChI is InChI=1S/C16H14O3S/c17-15-9-8-12-10-16(12,15)20(18,19)14-7-3-5-11-4-1-2-6-13(11)14/h1-7,12H,8-10H2/t12-,16-/m1/s1. The van der Waals surface area contributed by atoms with E-state index in [2.05, 4.69) is 0 Å². The van der Waals surface area contributed by atoms with Gasteiger partial charge in [0.15, 0.2) is 15.6 Å². The van der Waals surface area contributed by atoms with Gasteiger partial charge in [-0.15, -0.1) is 0 Å². The topological polar surface area (TPSA) is 51.2 Å². The number of ketones is 1. The molecule has 20 heavy (non-hydrogen) atoms. The smallest absolute Gasteiger partial charge is 0.192 e. The highest BCUT2D eigenvalue weighted by Gasteiger charge is 2.71. The maximum Gasteiger partial charge on any atom is 0.192 e. The van der Waals surface area contributed by atoms with Gasteiger partial charge >= 0.3 is 0 Å². The first kappa shape index (κ1) is 12.1. The lowest BCUT2D eigenvalue weighted by Crippen LogP contribution is -2.31. The third kappa shape index (κ3) is 1.30. The zero-order valence-corrected chi connectivity index (χ0v) is 11.7. The van der Waals surface area contributed by atoms with E-state index in [4.69, 9.17) is 0 Å². The maximum atomic E-state index is 13.0. The van der Waals surface area contributed by atoms with Gasteiger partial charge in [-0.05, 0) is 30.2 Å². The molecule has 2 aromatic rings. The third-order valence-corrected chi connectivity index (χ3v) is 7.38. The quantitative estimate of drug-likeness (QED) is 0.853. The number of carbonyl (C=O) groups is 1. The van der Waals surface area contributed by atoms with E-state index in [9.17, 15) is 13.2 Å². The summed E-state index contributed by atoms with van der Waals surface area (Å²) in [4.78, 5) is 12.4. The van der Waals surface area contributed by atoms with Crippen LogP contribution in [0.25, 0.3) is 10.8 Å². The van der Waals surface area contributed by atoms with Crippen LogP contribution >= 0.6 is 0 Å². The van der Waals surface area contributed by atoms with E-state index in [-0.39, 0.29) is 11.7 Å². The molecule has 0 N–H and O–H groups in total. The van der Waals surface area contributed by atoms with E-state index in [1.54, 1.807) is 12.1 Å². The molecule has 4 heteroatoms. The minimum Gasteiger partial charge on any atom is -0.298 e. The Morgan fingerprint density at radius 1 is 1.05 bits per heavy atom. The van der Waals surface area contributed by atoms with Crippen molar-refractivity contribution in [3.8, 4) is 0 Å². The lowest BCUT2D eigenvalue weighted by molar-refractivity contribution is -0.118. The summed E-state index contributed by atoms with van der Waals surface area (Å²) in [5.74, 6) is -0.0468. The van der Waals surface area contributed by atoms with Crippen molar-refractivity contribution in [3.05, 3.63) is 42.5 Å². The summed E-state index contributed by atoms with van der Waals surface area (Å²) >= 11 is 0. The van der Waals surface area contributed by atoms with Crippen molar-refractivity contribution in [3.63, 3.8) is 0 Å². The molecule has 0 aliphatic heterocycles. The van der Waals surface area contributed by atoms with Crippen LogP contribution < -0.4 is 0 Å². The number of benzene rings is 2. The summed E-state index contributed by atoms with van der Waals surface area (Å²) in [5, 5.41) is 1.61. The van der Waals surface area contributed by atoms with Crippen molar-refractivity contribution in [2.75, 3.05) is 0 Å². The van der Waals surface area contributed by atoms with Gasteiger partial charge in [-0.2, -0.15) is 0 Å². The van der Waals surface area contributed by atoms with Crippen molar-refractivity contribution in [1.29, 1.82) is 0 Å². The van der Waals surface area contributed by atoms with E-state index in [0.29, 0.717) is 17.7 Å². The van der Waals surface area contributed by atoms with Crippen LogP contribution in [0, 0.1) is 5.92 Å². The average molecular weight is 286 g/mol. The molecule has 0 aromatic heterocycles. The maximum absolute atomic E-state index is 13.0. The molecule has 0 heterocycles. The van der Waals surface area contributed by atoms with Crippen LogP contribution in [0.4, 0.5) is 0 Å². The van der Waals surface area contributed by atoms with Crippen LogP contribution in [-0.4, -0.2) is 18.9 Å². The highest BCUT2D eigenvalue weighted by atomic mass is 32.2. The molecule has 2 aromatic carbocycles. The van der Waals surface area contributed by atoms with E-state index in [1.165, 1.54) is 0 Å². The Bertz CT molecular complexity index is 832. The number of rotatable bonds is 2. The normalized spacial score (nSPS) is 28.6. The lowest BCUT2D eigenvalue weighted by Gasteiger charge is -2.14. The van der Waals surface area contributed by atoms with Gasteiger partial charge in [0.1, 0.15) is 4.75 Å². The van der Waals surface area contributed by atoms with Gasteiger partial charge in [-0.1, -0.05) is 36.4 Å². The molecular weight excluding hydrogens is 272 g/mol. The fraction of sp³-hybridized carbons (Fsp3) is 0.312. The van der Waals surface area contributed by atoms with Gasteiger partial charge in [-0.3, -0.25) is 4.79 Å². The zero-order valence-electron chi connectivity index (χ0n) is 10.9. The second-order valence-electron chi connectivity index (χ2n) is 5.73. The Morgan fingerprint density at radius 2 is 1.80 bits per heavy atom. The number of sulfone groups is 1. The molecule has 102 valence electrons.